The lowest BCUT2D eigenvalue weighted by atomic mass is 10.0. The van der Waals surface area contributed by atoms with Crippen LogP contribution in [0, 0.1) is 11.3 Å². The second kappa shape index (κ2) is 10.2. The van der Waals surface area contributed by atoms with Crippen molar-refractivity contribution >= 4 is 29.9 Å². The molecule has 2 atom stereocenters. The third-order valence-electron chi connectivity index (χ3n) is 5.40. The van der Waals surface area contributed by atoms with Crippen LogP contribution in [0.25, 0.3) is 0 Å². The smallest absolute Gasteiger partial charge is 0.191 e. The average molecular weight is 452 g/mol. The van der Waals surface area contributed by atoms with Crippen LogP contribution in [0.4, 0.5) is 0 Å². The highest BCUT2D eigenvalue weighted by molar-refractivity contribution is 14.0. The molecule has 2 N–H and O–H groups in total. The van der Waals surface area contributed by atoms with E-state index in [1.165, 1.54) is 19.4 Å². The Labute approximate surface area is 165 Å². The minimum Gasteiger partial charge on any atom is -0.385 e. The van der Waals surface area contributed by atoms with Gasteiger partial charge in [-0.3, -0.25) is 9.89 Å². The monoisotopic (exact) mass is 452 g/mol. The van der Waals surface area contributed by atoms with Gasteiger partial charge in [0.25, 0.3) is 0 Å². The van der Waals surface area contributed by atoms with Crippen LogP contribution in [-0.4, -0.2) is 62.8 Å². The van der Waals surface area contributed by atoms with Crippen molar-refractivity contribution < 1.29 is 4.74 Å². The van der Waals surface area contributed by atoms with Crippen molar-refractivity contribution in [1.29, 1.82) is 0 Å². The molecule has 0 aromatic rings. The highest BCUT2D eigenvalue weighted by Gasteiger charge is 2.42. The van der Waals surface area contributed by atoms with Crippen molar-refractivity contribution in [1.82, 2.24) is 15.5 Å². The summed E-state index contributed by atoms with van der Waals surface area (Å²) in [6, 6.07) is 1.11. The van der Waals surface area contributed by atoms with Gasteiger partial charge < -0.3 is 15.4 Å². The van der Waals surface area contributed by atoms with Gasteiger partial charge in [0.1, 0.15) is 0 Å². The Kier molecular flexibility index (Phi) is 9.30. The van der Waals surface area contributed by atoms with Gasteiger partial charge >= 0.3 is 0 Å². The number of nitrogens with one attached hydrogen (secondary N) is 2. The molecule has 0 amide bonds. The van der Waals surface area contributed by atoms with Crippen molar-refractivity contribution in [3.8, 4) is 0 Å². The van der Waals surface area contributed by atoms with Crippen LogP contribution >= 0.6 is 24.0 Å². The highest BCUT2D eigenvalue weighted by Crippen LogP contribution is 2.48. The molecular formula is C18H37IN4O. The second-order valence-corrected chi connectivity index (χ2v) is 7.71. The number of hydrogen-bond donors (Lipinski definition) is 2. The maximum absolute atomic E-state index is 5.24. The molecule has 0 bridgehead atoms. The topological polar surface area (TPSA) is 48.9 Å². The molecule has 6 heteroatoms. The molecule has 1 heterocycles. The quantitative estimate of drug-likeness (QED) is 0.338. The van der Waals surface area contributed by atoms with Crippen LogP contribution in [0.15, 0.2) is 4.99 Å². The van der Waals surface area contributed by atoms with E-state index in [4.69, 9.17) is 9.73 Å². The summed E-state index contributed by atoms with van der Waals surface area (Å²) in [6.45, 7) is 14.0. The molecule has 2 fully saturated rings. The molecule has 2 aliphatic rings. The number of rotatable bonds is 8. The summed E-state index contributed by atoms with van der Waals surface area (Å²) in [5.41, 5.74) is 0.406. The summed E-state index contributed by atoms with van der Waals surface area (Å²) >= 11 is 0. The van der Waals surface area contributed by atoms with Crippen molar-refractivity contribution in [2.24, 2.45) is 16.3 Å². The van der Waals surface area contributed by atoms with Gasteiger partial charge in [0.15, 0.2) is 5.96 Å². The number of guanidine groups is 1. The molecule has 1 saturated heterocycles. The van der Waals surface area contributed by atoms with Crippen molar-refractivity contribution in [3.63, 3.8) is 0 Å². The van der Waals surface area contributed by atoms with Gasteiger partial charge in [-0.1, -0.05) is 6.92 Å². The second-order valence-electron chi connectivity index (χ2n) is 7.71. The number of likely N-dealkylation sites (tertiary alicyclic amines) is 1. The third kappa shape index (κ3) is 6.33. The molecule has 2 rings (SSSR count). The molecule has 0 aromatic carbocycles. The zero-order valence-corrected chi connectivity index (χ0v) is 18.4. The molecule has 0 aromatic heterocycles. The fraction of sp³-hybridized carbons (Fsp3) is 0.944. The minimum atomic E-state index is 0. The Bertz CT molecular complexity index is 398. The SMILES string of the molecule is CCNC(=NCC1(CCOC)CC1)NC1CN(C(C)C)CC1C.I. The molecule has 1 aliphatic carbocycles. The normalized spacial score (nSPS) is 26.3. The van der Waals surface area contributed by atoms with Gasteiger partial charge in [-0.15, -0.1) is 24.0 Å². The van der Waals surface area contributed by atoms with Gasteiger partial charge in [0, 0.05) is 52.0 Å². The number of hydrogen-bond acceptors (Lipinski definition) is 3. The molecule has 1 saturated carbocycles. The standard InChI is InChI=1S/C18H36N4O.HI/c1-6-19-17(20-13-18(7-8-18)9-10-23-5)21-16-12-22(14(2)3)11-15(16)4;/h14-16H,6-13H2,1-5H3,(H2,19,20,21);1H. The number of aliphatic imine (C=N–C) groups is 1. The fourth-order valence-corrected chi connectivity index (χ4v) is 3.34. The van der Waals surface area contributed by atoms with Crippen molar-refractivity contribution in [2.75, 3.05) is 39.9 Å². The molecule has 0 spiro atoms. The van der Waals surface area contributed by atoms with Crippen LogP contribution < -0.4 is 10.6 Å². The number of ether oxygens (including phenoxy) is 1. The van der Waals surface area contributed by atoms with E-state index in [1.807, 2.05) is 0 Å². The van der Waals surface area contributed by atoms with E-state index in [0.29, 0.717) is 23.4 Å². The van der Waals surface area contributed by atoms with Crippen molar-refractivity contribution in [2.45, 2.75) is 59.0 Å². The first-order valence-corrected chi connectivity index (χ1v) is 9.27. The van der Waals surface area contributed by atoms with E-state index in [9.17, 15) is 0 Å². The third-order valence-corrected chi connectivity index (χ3v) is 5.40. The minimum absolute atomic E-state index is 0. The van der Waals surface area contributed by atoms with E-state index in [0.717, 1.165) is 38.6 Å². The summed E-state index contributed by atoms with van der Waals surface area (Å²) in [7, 11) is 1.78. The van der Waals surface area contributed by atoms with E-state index < -0.39 is 0 Å². The van der Waals surface area contributed by atoms with Gasteiger partial charge in [0.05, 0.1) is 0 Å². The first-order valence-electron chi connectivity index (χ1n) is 9.27. The molecular weight excluding hydrogens is 415 g/mol. The molecule has 1 aliphatic heterocycles. The van der Waals surface area contributed by atoms with E-state index >= 15 is 0 Å². The van der Waals surface area contributed by atoms with Gasteiger partial charge in [0.2, 0.25) is 0 Å². The summed E-state index contributed by atoms with van der Waals surface area (Å²) < 4.78 is 5.24. The number of nitrogens with zero attached hydrogens (tertiary/aromatic N) is 2. The van der Waals surface area contributed by atoms with Gasteiger partial charge in [-0.25, -0.2) is 0 Å². The largest absolute Gasteiger partial charge is 0.385 e. The fourth-order valence-electron chi connectivity index (χ4n) is 3.34. The first-order chi connectivity index (χ1) is 11.0. The van der Waals surface area contributed by atoms with Crippen LogP contribution in [0.3, 0.4) is 0 Å². The predicted octanol–water partition coefficient (Wildman–Crippen LogP) is 2.70. The van der Waals surface area contributed by atoms with E-state index in [-0.39, 0.29) is 24.0 Å². The Hall–Kier alpha value is -0.0800. The highest BCUT2D eigenvalue weighted by atomic mass is 127. The molecule has 24 heavy (non-hydrogen) atoms. The summed E-state index contributed by atoms with van der Waals surface area (Å²) in [4.78, 5) is 7.44. The van der Waals surface area contributed by atoms with Crippen molar-refractivity contribution in [3.05, 3.63) is 0 Å². The molecule has 0 radical (unpaired) electrons. The summed E-state index contributed by atoms with van der Waals surface area (Å²) in [5, 5.41) is 7.09. The lowest BCUT2D eigenvalue weighted by Crippen LogP contribution is -2.47. The number of halogens is 1. The van der Waals surface area contributed by atoms with E-state index in [2.05, 4.69) is 43.2 Å². The number of methoxy groups -OCH3 is 1. The van der Waals surface area contributed by atoms with Gasteiger partial charge in [-0.05, 0) is 51.4 Å². The molecule has 2 unspecified atom stereocenters. The van der Waals surface area contributed by atoms with Crippen LogP contribution in [0.2, 0.25) is 0 Å². The average Bonchev–Trinajstić information content (AvgIpc) is 3.20. The zero-order chi connectivity index (χ0) is 16.9. The molecule has 5 nitrogen and oxygen atoms in total. The zero-order valence-electron chi connectivity index (χ0n) is 16.1. The lowest BCUT2D eigenvalue weighted by molar-refractivity contribution is 0.174. The van der Waals surface area contributed by atoms with Crippen LogP contribution in [0.5, 0.6) is 0 Å². The van der Waals surface area contributed by atoms with Crippen LogP contribution in [-0.2, 0) is 4.74 Å². The molecule has 142 valence electrons. The maximum Gasteiger partial charge on any atom is 0.191 e. The first kappa shape index (κ1) is 22.0. The van der Waals surface area contributed by atoms with Gasteiger partial charge in [-0.2, -0.15) is 0 Å². The maximum atomic E-state index is 5.24. The Morgan fingerprint density at radius 1 is 1.33 bits per heavy atom. The van der Waals surface area contributed by atoms with Crippen LogP contribution in [0.1, 0.15) is 47.0 Å². The summed E-state index contributed by atoms with van der Waals surface area (Å²) in [6.07, 6.45) is 3.72. The Morgan fingerprint density at radius 3 is 2.54 bits per heavy atom. The predicted molar refractivity (Wildman–Crippen MR) is 112 cm³/mol. The Morgan fingerprint density at radius 2 is 2.04 bits per heavy atom. The summed E-state index contributed by atoms with van der Waals surface area (Å²) in [5.74, 6) is 1.64. The Balaban J connectivity index is 0.00000288. The lowest BCUT2D eigenvalue weighted by Gasteiger charge is -2.22. The van der Waals surface area contributed by atoms with E-state index in [1.54, 1.807) is 7.11 Å².